The Hall–Kier alpha value is -1.64. The first-order chi connectivity index (χ1) is 13.0. The molecule has 1 unspecified atom stereocenters. The summed E-state index contributed by atoms with van der Waals surface area (Å²) >= 11 is 0. The molecule has 1 heterocycles. The molecular formula is C20H34N4O3S. The van der Waals surface area contributed by atoms with Crippen LogP contribution in [0.25, 0.3) is 0 Å². The van der Waals surface area contributed by atoms with Crippen molar-refractivity contribution in [2.75, 3.05) is 46.8 Å². The van der Waals surface area contributed by atoms with Crippen LogP contribution in [0.3, 0.4) is 0 Å². The fraction of sp³-hybridized carbons (Fsp3) is 0.650. The SMILES string of the molecule is Cc1ccc(C)c(S(=O)(=O)N2CCN(C(=O)NCC(C(C)C)N(C)C)CC2)c1. The summed E-state index contributed by atoms with van der Waals surface area (Å²) in [6.45, 7) is 9.94. The van der Waals surface area contributed by atoms with Crippen LogP contribution >= 0.6 is 0 Å². The number of hydrogen-bond donors (Lipinski definition) is 1. The van der Waals surface area contributed by atoms with E-state index in [-0.39, 0.29) is 12.1 Å². The molecule has 0 spiro atoms. The third kappa shape index (κ3) is 5.24. The van der Waals surface area contributed by atoms with Gasteiger partial charge in [0, 0.05) is 38.8 Å². The molecule has 1 aromatic carbocycles. The lowest BCUT2D eigenvalue weighted by Gasteiger charge is -2.35. The Balaban J connectivity index is 1.96. The van der Waals surface area contributed by atoms with E-state index in [2.05, 4.69) is 24.1 Å². The Morgan fingerprint density at radius 2 is 1.75 bits per heavy atom. The number of hydrogen-bond acceptors (Lipinski definition) is 4. The third-order valence-corrected chi connectivity index (χ3v) is 7.42. The molecule has 1 fully saturated rings. The van der Waals surface area contributed by atoms with Crippen LogP contribution in [0.1, 0.15) is 25.0 Å². The molecule has 1 saturated heterocycles. The maximum Gasteiger partial charge on any atom is 0.317 e. The average Bonchev–Trinajstić information content (AvgIpc) is 2.63. The van der Waals surface area contributed by atoms with Gasteiger partial charge in [0.2, 0.25) is 10.0 Å². The van der Waals surface area contributed by atoms with Gasteiger partial charge in [-0.15, -0.1) is 0 Å². The molecule has 1 aliphatic rings. The van der Waals surface area contributed by atoms with E-state index in [0.29, 0.717) is 43.5 Å². The molecule has 1 aliphatic heterocycles. The first-order valence-corrected chi connectivity index (χ1v) is 11.2. The van der Waals surface area contributed by atoms with Crippen LogP contribution in [0, 0.1) is 19.8 Å². The van der Waals surface area contributed by atoms with Crippen LogP contribution < -0.4 is 5.32 Å². The molecule has 7 nitrogen and oxygen atoms in total. The minimum atomic E-state index is -3.54. The van der Waals surface area contributed by atoms with Crippen LogP contribution in [0.2, 0.25) is 0 Å². The molecule has 1 aromatic rings. The molecule has 2 rings (SSSR count). The van der Waals surface area contributed by atoms with Gasteiger partial charge >= 0.3 is 6.03 Å². The van der Waals surface area contributed by atoms with Gasteiger partial charge in [-0.05, 0) is 51.1 Å². The first-order valence-electron chi connectivity index (χ1n) is 9.80. The fourth-order valence-electron chi connectivity index (χ4n) is 3.57. The molecule has 0 saturated carbocycles. The number of carbonyl (C=O) groups is 1. The van der Waals surface area contributed by atoms with Crippen molar-refractivity contribution in [1.82, 2.24) is 19.4 Å². The van der Waals surface area contributed by atoms with E-state index in [1.807, 2.05) is 40.1 Å². The molecule has 1 N–H and O–H groups in total. The number of carbonyl (C=O) groups excluding carboxylic acids is 1. The minimum absolute atomic E-state index is 0.128. The Morgan fingerprint density at radius 1 is 1.14 bits per heavy atom. The van der Waals surface area contributed by atoms with E-state index in [0.717, 1.165) is 11.1 Å². The smallest absolute Gasteiger partial charge is 0.317 e. The zero-order chi connectivity index (χ0) is 21.1. The molecule has 2 amide bonds. The summed E-state index contributed by atoms with van der Waals surface area (Å²) in [5, 5.41) is 2.99. The Bertz CT molecular complexity index is 777. The number of urea groups is 1. The normalized spacial score (nSPS) is 17.2. The van der Waals surface area contributed by atoms with Gasteiger partial charge in [0.05, 0.1) is 4.90 Å². The molecule has 0 bridgehead atoms. The Labute approximate surface area is 169 Å². The Kier molecular flexibility index (Phi) is 7.47. The number of piperazine rings is 1. The van der Waals surface area contributed by atoms with E-state index in [9.17, 15) is 13.2 Å². The Morgan fingerprint density at radius 3 is 2.29 bits per heavy atom. The molecule has 0 aliphatic carbocycles. The van der Waals surface area contributed by atoms with Gasteiger partial charge in [-0.2, -0.15) is 4.31 Å². The summed E-state index contributed by atoms with van der Waals surface area (Å²) in [5.41, 5.74) is 1.66. The monoisotopic (exact) mass is 410 g/mol. The molecular weight excluding hydrogens is 376 g/mol. The van der Waals surface area contributed by atoms with Crippen molar-refractivity contribution in [3.8, 4) is 0 Å². The molecule has 158 valence electrons. The standard InChI is InChI=1S/C20H34N4O3S/c1-15(2)18(22(5)6)14-21-20(25)23-9-11-24(12-10-23)28(26,27)19-13-16(3)7-8-17(19)4/h7-8,13,15,18H,9-12,14H2,1-6H3,(H,21,25). The van der Waals surface area contributed by atoms with Crippen molar-refractivity contribution in [2.45, 2.75) is 38.6 Å². The van der Waals surface area contributed by atoms with Crippen LogP contribution in [-0.4, -0.2) is 81.4 Å². The number of nitrogens with zero attached hydrogens (tertiary/aromatic N) is 3. The molecule has 8 heteroatoms. The maximum atomic E-state index is 13.0. The van der Waals surface area contributed by atoms with Gasteiger partial charge in [0.1, 0.15) is 0 Å². The minimum Gasteiger partial charge on any atom is -0.336 e. The topological polar surface area (TPSA) is 73.0 Å². The zero-order valence-corrected chi connectivity index (χ0v) is 18.7. The maximum absolute atomic E-state index is 13.0. The van der Waals surface area contributed by atoms with Crippen LogP contribution in [0.15, 0.2) is 23.1 Å². The van der Waals surface area contributed by atoms with Crippen molar-refractivity contribution in [2.24, 2.45) is 5.92 Å². The highest BCUT2D eigenvalue weighted by Crippen LogP contribution is 2.22. The summed E-state index contributed by atoms with van der Waals surface area (Å²) in [4.78, 5) is 16.7. The largest absolute Gasteiger partial charge is 0.336 e. The number of benzene rings is 1. The van der Waals surface area contributed by atoms with E-state index in [1.165, 1.54) is 4.31 Å². The van der Waals surface area contributed by atoms with Crippen molar-refractivity contribution in [1.29, 1.82) is 0 Å². The third-order valence-electron chi connectivity index (χ3n) is 5.38. The molecule has 0 aromatic heterocycles. The van der Waals surface area contributed by atoms with Crippen LogP contribution in [0.4, 0.5) is 4.79 Å². The van der Waals surface area contributed by atoms with Gasteiger partial charge in [0.15, 0.2) is 0 Å². The first kappa shape index (κ1) is 22.6. The number of sulfonamides is 1. The zero-order valence-electron chi connectivity index (χ0n) is 17.9. The second kappa shape index (κ2) is 9.24. The lowest BCUT2D eigenvalue weighted by Crippen LogP contribution is -2.54. The number of likely N-dealkylation sites (N-methyl/N-ethyl adjacent to an activating group) is 1. The highest BCUT2D eigenvalue weighted by atomic mass is 32.2. The number of rotatable bonds is 6. The van der Waals surface area contributed by atoms with E-state index in [4.69, 9.17) is 0 Å². The molecule has 1 atom stereocenters. The number of amides is 2. The predicted octanol–water partition coefficient (Wildman–Crippen LogP) is 1.91. The van der Waals surface area contributed by atoms with Gasteiger partial charge in [0.25, 0.3) is 0 Å². The highest BCUT2D eigenvalue weighted by molar-refractivity contribution is 7.89. The van der Waals surface area contributed by atoms with E-state index < -0.39 is 10.0 Å². The van der Waals surface area contributed by atoms with Gasteiger partial charge in [-0.3, -0.25) is 0 Å². The quantitative estimate of drug-likeness (QED) is 0.778. The summed E-state index contributed by atoms with van der Waals surface area (Å²) in [5.74, 6) is 0.426. The predicted molar refractivity (Wildman–Crippen MR) is 112 cm³/mol. The van der Waals surface area contributed by atoms with Crippen molar-refractivity contribution >= 4 is 16.1 Å². The lowest BCUT2D eigenvalue weighted by atomic mass is 10.0. The summed E-state index contributed by atoms with van der Waals surface area (Å²) in [6, 6.07) is 5.60. The average molecular weight is 411 g/mol. The van der Waals surface area contributed by atoms with Crippen molar-refractivity contribution in [3.63, 3.8) is 0 Å². The molecule has 0 radical (unpaired) electrons. The summed E-state index contributed by atoms with van der Waals surface area (Å²) < 4.78 is 27.5. The highest BCUT2D eigenvalue weighted by Gasteiger charge is 2.31. The van der Waals surface area contributed by atoms with Gasteiger partial charge in [-0.25, -0.2) is 13.2 Å². The molecule has 28 heavy (non-hydrogen) atoms. The summed E-state index contributed by atoms with van der Waals surface area (Å²) in [7, 11) is 0.471. The van der Waals surface area contributed by atoms with E-state index >= 15 is 0 Å². The second-order valence-electron chi connectivity index (χ2n) is 8.12. The summed E-state index contributed by atoms with van der Waals surface area (Å²) in [6.07, 6.45) is 0. The van der Waals surface area contributed by atoms with Crippen molar-refractivity contribution < 1.29 is 13.2 Å². The van der Waals surface area contributed by atoms with E-state index in [1.54, 1.807) is 11.0 Å². The van der Waals surface area contributed by atoms with Gasteiger partial charge in [-0.1, -0.05) is 26.0 Å². The lowest BCUT2D eigenvalue weighted by molar-refractivity contribution is 0.164. The fourth-order valence-corrected chi connectivity index (χ4v) is 5.31. The number of nitrogens with one attached hydrogen (secondary N) is 1. The van der Waals surface area contributed by atoms with Gasteiger partial charge < -0.3 is 15.1 Å². The number of aryl methyl sites for hydroxylation is 2. The van der Waals surface area contributed by atoms with Crippen LogP contribution in [-0.2, 0) is 10.0 Å². The van der Waals surface area contributed by atoms with Crippen molar-refractivity contribution in [3.05, 3.63) is 29.3 Å². The second-order valence-corrected chi connectivity index (χ2v) is 10.0. The van der Waals surface area contributed by atoms with Crippen LogP contribution in [0.5, 0.6) is 0 Å².